The van der Waals surface area contributed by atoms with Crippen LogP contribution in [0, 0.1) is 6.92 Å². The Bertz CT molecular complexity index is 885. The molecule has 1 atom stereocenters. The van der Waals surface area contributed by atoms with Crippen LogP contribution in [0.1, 0.15) is 33.4 Å². The van der Waals surface area contributed by atoms with Crippen LogP contribution in [0.15, 0.2) is 54.6 Å². The van der Waals surface area contributed by atoms with E-state index in [1.807, 2.05) is 66.4 Å². The van der Waals surface area contributed by atoms with Gasteiger partial charge in [-0.25, -0.2) is 0 Å². The monoisotopic (exact) mass is 319 g/mol. The normalized spacial score (nSPS) is 16.3. The van der Waals surface area contributed by atoms with Gasteiger partial charge >= 0.3 is 0 Å². The number of aromatic amines is 1. The Kier molecular flexibility index (Phi) is 3.34. The number of benzene rings is 2. The maximum absolute atomic E-state index is 13.0. The summed E-state index contributed by atoms with van der Waals surface area (Å²) in [5.74, 6) is 0.697. The van der Waals surface area contributed by atoms with E-state index in [-0.39, 0.29) is 11.9 Å². The standard InChI is InChI=1S/C19H17N3O2/c1-12-16-17(21-20-12)19(23)22(14-8-10-15(24-2)11-9-14)18(16)13-6-4-3-5-7-13/h3-11,18H,1-2H3,(H,20,21). The Morgan fingerprint density at radius 1 is 1.08 bits per heavy atom. The lowest BCUT2D eigenvalue weighted by atomic mass is 9.99. The van der Waals surface area contributed by atoms with Gasteiger partial charge in [-0.3, -0.25) is 14.8 Å². The van der Waals surface area contributed by atoms with E-state index < -0.39 is 0 Å². The summed E-state index contributed by atoms with van der Waals surface area (Å²) >= 11 is 0. The molecule has 0 saturated heterocycles. The van der Waals surface area contributed by atoms with Crippen LogP contribution in [-0.2, 0) is 0 Å². The molecule has 5 heteroatoms. The van der Waals surface area contributed by atoms with Crippen molar-refractivity contribution in [3.63, 3.8) is 0 Å². The first kappa shape index (κ1) is 14.5. The highest BCUT2D eigenvalue weighted by Gasteiger charge is 2.41. The average Bonchev–Trinajstić information content (AvgIpc) is 3.14. The van der Waals surface area contributed by atoms with Gasteiger partial charge in [0.15, 0.2) is 0 Å². The number of amides is 1. The van der Waals surface area contributed by atoms with Gasteiger partial charge < -0.3 is 4.74 Å². The largest absolute Gasteiger partial charge is 0.497 e. The fraction of sp³-hybridized carbons (Fsp3) is 0.158. The maximum atomic E-state index is 13.0. The van der Waals surface area contributed by atoms with Crippen LogP contribution < -0.4 is 9.64 Å². The van der Waals surface area contributed by atoms with Crippen LogP contribution in [0.5, 0.6) is 5.75 Å². The van der Waals surface area contributed by atoms with Crippen LogP contribution in [0.3, 0.4) is 0 Å². The number of aromatic nitrogens is 2. The highest BCUT2D eigenvalue weighted by molar-refractivity contribution is 6.10. The number of carbonyl (C=O) groups is 1. The van der Waals surface area contributed by atoms with Crippen LogP contribution in [0.25, 0.3) is 0 Å². The minimum absolute atomic E-state index is 0.0652. The number of fused-ring (bicyclic) bond motifs is 1. The Morgan fingerprint density at radius 3 is 2.46 bits per heavy atom. The molecule has 1 aliphatic heterocycles. The summed E-state index contributed by atoms with van der Waals surface area (Å²) in [7, 11) is 1.63. The van der Waals surface area contributed by atoms with Crippen molar-refractivity contribution in [1.29, 1.82) is 0 Å². The fourth-order valence-electron chi connectivity index (χ4n) is 3.27. The third-order valence-corrected chi connectivity index (χ3v) is 4.42. The smallest absolute Gasteiger partial charge is 0.277 e. The lowest BCUT2D eigenvalue weighted by Crippen LogP contribution is -2.29. The van der Waals surface area contributed by atoms with E-state index >= 15 is 0 Å². The van der Waals surface area contributed by atoms with E-state index in [1.54, 1.807) is 7.11 Å². The number of hydrogen-bond donors (Lipinski definition) is 1. The van der Waals surface area contributed by atoms with Gasteiger partial charge in [-0.05, 0) is 36.8 Å². The summed E-state index contributed by atoms with van der Waals surface area (Å²) in [6.45, 7) is 1.93. The van der Waals surface area contributed by atoms with Crippen LogP contribution >= 0.6 is 0 Å². The number of hydrogen-bond acceptors (Lipinski definition) is 3. The van der Waals surface area contributed by atoms with E-state index in [1.165, 1.54) is 0 Å². The number of carbonyl (C=O) groups excluding carboxylic acids is 1. The van der Waals surface area contributed by atoms with E-state index in [9.17, 15) is 4.79 Å². The van der Waals surface area contributed by atoms with E-state index in [2.05, 4.69) is 10.2 Å². The minimum atomic E-state index is -0.180. The number of aryl methyl sites for hydroxylation is 1. The number of nitrogens with zero attached hydrogens (tertiary/aromatic N) is 2. The van der Waals surface area contributed by atoms with Gasteiger partial charge in [-0.1, -0.05) is 30.3 Å². The molecule has 24 heavy (non-hydrogen) atoms. The molecule has 1 aromatic heterocycles. The van der Waals surface area contributed by atoms with Gasteiger partial charge in [0.1, 0.15) is 11.4 Å². The highest BCUT2D eigenvalue weighted by atomic mass is 16.5. The second kappa shape index (κ2) is 5.53. The van der Waals surface area contributed by atoms with Crippen LogP contribution in [0.4, 0.5) is 5.69 Å². The predicted octanol–water partition coefficient (Wildman–Crippen LogP) is 3.48. The minimum Gasteiger partial charge on any atom is -0.497 e. The van der Waals surface area contributed by atoms with Crippen molar-refractivity contribution < 1.29 is 9.53 Å². The van der Waals surface area contributed by atoms with Crippen LogP contribution in [0.2, 0.25) is 0 Å². The topological polar surface area (TPSA) is 58.2 Å². The molecule has 1 N–H and O–H groups in total. The third-order valence-electron chi connectivity index (χ3n) is 4.42. The molecule has 120 valence electrons. The molecule has 2 heterocycles. The van der Waals surface area contributed by atoms with Crippen molar-refractivity contribution in [2.45, 2.75) is 13.0 Å². The molecule has 0 fully saturated rings. The number of ether oxygens (including phenoxy) is 1. The van der Waals surface area contributed by atoms with E-state index in [4.69, 9.17) is 4.74 Å². The zero-order chi connectivity index (χ0) is 16.7. The quantitative estimate of drug-likeness (QED) is 0.804. The molecule has 5 nitrogen and oxygen atoms in total. The molecular formula is C19H17N3O2. The van der Waals surface area contributed by atoms with Crippen molar-refractivity contribution >= 4 is 11.6 Å². The molecular weight excluding hydrogens is 302 g/mol. The Labute approximate surface area is 139 Å². The van der Waals surface area contributed by atoms with Crippen molar-refractivity contribution in [2.75, 3.05) is 12.0 Å². The molecule has 0 saturated carbocycles. The Morgan fingerprint density at radius 2 is 1.79 bits per heavy atom. The molecule has 1 aliphatic rings. The molecule has 1 amide bonds. The van der Waals surface area contributed by atoms with Gasteiger partial charge in [0, 0.05) is 11.3 Å². The second-order valence-corrected chi connectivity index (χ2v) is 5.78. The van der Waals surface area contributed by atoms with Gasteiger partial charge in [0.2, 0.25) is 0 Å². The highest BCUT2D eigenvalue weighted by Crippen LogP contribution is 2.42. The van der Waals surface area contributed by atoms with Gasteiger partial charge in [0.25, 0.3) is 5.91 Å². The van der Waals surface area contributed by atoms with Gasteiger partial charge in [-0.2, -0.15) is 5.10 Å². The predicted molar refractivity (Wildman–Crippen MR) is 91.4 cm³/mol. The number of methoxy groups -OCH3 is 1. The first-order valence-electron chi connectivity index (χ1n) is 7.78. The Hall–Kier alpha value is -3.08. The molecule has 4 rings (SSSR count). The zero-order valence-corrected chi connectivity index (χ0v) is 13.5. The van der Waals surface area contributed by atoms with Crippen LogP contribution in [-0.4, -0.2) is 23.2 Å². The molecule has 0 spiro atoms. The molecule has 0 aliphatic carbocycles. The number of H-pyrrole nitrogens is 1. The van der Waals surface area contributed by atoms with Crippen molar-refractivity contribution in [3.8, 4) is 5.75 Å². The second-order valence-electron chi connectivity index (χ2n) is 5.78. The first-order chi connectivity index (χ1) is 11.7. The summed E-state index contributed by atoms with van der Waals surface area (Å²) in [4.78, 5) is 14.8. The average molecular weight is 319 g/mol. The van der Waals surface area contributed by atoms with Crippen molar-refractivity contribution in [2.24, 2.45) is 0 Å². The summed E-state index contributed by atoms with van der Waals surface area (Å²) in [6.07, 6.45) is 0. The van der Waals surface area contributed by atoms with E-state index in [0.29, 0.717) is 5.69 Å². The zero-order valence-electron chi connectivity index (χ0n) is 13.5. The molecule has 0 bridgehead atoms. The fourth-order valence-corrected chi connectivity index (χ4v) is 3.27. The van der Waals surface area contributed by atoms with E-state index in [0.717, 1.165) is 28.3 Å². The summed E-state index contributed by atoms with van der Waals surface area (Å²) in [5.41, 5.74) is 4.26. The molecule has 3 aromatic rings. The summed E-state index contributed by atoms with van der Waals surface area (Å²) in [5, 5.41) is 7.12. The number of nitrogens with one attached hydrogen (secondary N) is 1. The maximum Gasteiger partial charge on any atom is 0.277 e. The summed E-state index contributed by atoms with van der Waals surface area (Å²) in [6, 6.07) is 17.4. The van der Waals surface area contributed by atoms with Crippen molar-refractivity contribution in [1.82, 2.24) is 10.2 Å². The van der Waals surface area contributed by atoms with Gasteiger partial charge in [0.05, 0.1) is 18.8 Å². The lowest BCUT2D eigenvalue weighted by molar-refractivity contribution is 0.0988. The lowest BCUT2D eigenvalue weighted by Gasteiger charge is -2.26. The first-order valence-corrected chi connectivity index (χ1v) is 7.78. The molecule has 0 radical (unpaired) electrons. The third kappa shape index (κ3) is 2.09. The molecule has 1 unspecified atom stereocenters. The number of rotatable bonds is 3. The molecule has 2 aromatic carbocycles. The SMILES string of the molecule is COc1ccc(N2C(=O)c3[nH]nc(C)c3C2c2ccccc2)cc1. The van der Waals surface area contributed by atoms with Crippen molar-refractivity contribution in [3.05, 3.63) is 77.1 Å². The number of anilines is 1. The van der Waals surface area contributed by atoms with Gasteiger partial charge in [-0.15, -0.1) is 0 Å². The Balaban J connectivity index is 1.87. The summed E-state index contributed by atoms with van der Waals surface area (Å²) < 4.78 is 5.22.